The van der Waals surface area contributed by atoms with E-state index >= 15 is 0 Å². The first-order valence-corrected chi connectivity index (χ1v) is 7.41. The maximum Gasteiger partial charge on any atom is 0.338 e. The number of nitrogens with zero attached hydrogens (tertiary/aromatic N) is 1. The van der Waals surface area contributed by atoms with Crippen molar-refractivity contribution < 1.29 is 14.3 Å². The molecular weight excluding hydrogens is 254 g/mol. The number of anilines is 1. The fourth-order valence-corrected chi connectivity index (χ4v) is 2.38. The number of hydrogen-bond donors (Lipinski definition) is 0. The van der Waals surface area contributed by atoms with Crippen molar-refractivity contribution in [1.29, 1.82) is 0 Å². The number of carbonyl (C=O) groups is 1. The van der Waals surface area contributed by atoms with Gasteiger partial charge in [0.1, 0.15) is 6.61 Å². The molecule has 20 heavy (non-hydrogen) atoms. The van der Waals surface area contributed by atoms with Gasteiger partial charge in [-0.05, 0) is 50.5 Å². The summed E-state index contributed by atoms with van der Waals surface area (Å²) in [5.41, 5.74) is 1.79. The van der Waals surface area contributed by atoms with Crippen LogP contribution in [0.5, 0.6) is 0 Å². The van der Waals surface area contributed by atoms with Gasteiger partial charge in [0.05, 0.1) is 12.2 Å². The third-order valence-corrected chi connectivity index (χ3v) is 3.49. The van der Waals surface area contributed by atoms with Crippen molar-refractivity contribution in [1.82, 2.24) is 0 Å². The van der Waals surface area contributed by atoms with Crippen LogP contribution in [0.2, 0.25) is 0 Å². The monoisotopic (exact) mass is 277 g/mol. The Kier molecular flexibility index (Phi) is 5.87. The normalized spacial score (nSPS) is 15.2. The van der Waals surface area contributed by atoms with Crippen LogP contribution in [0, 0.1) is 0 Å². The lowest BCUT2D eigenvalue weighted by atomic mass is 10.1. The van der Waals surface area contributed by atoms with E-state index in [1.807, 2.05) is 31.2 Å². The second kappa shape index (κ2) is 7.90. The molecule has 0 radical (unpaired) electrons. The molecule has 1 aliphatic heterocycles. The maximum absolute atomic E-state index is 11.8. The fourth-order valence-electron chi connectivity index (χ4n) is 2.38. The first-order valence-electron chi connectivity index (χ1n) is 7.41. The molecule has 1 saturated heterocycles. The minimum Gasteiger partial charge on any atom is -0.460 e. The first kappa shape index (κ1) is 14.9. The van der Waals surface area contributed by atoms with Crippen LogP contribution in [-0.4, -0.2) is 38.9 Å². The smallest absolute Gasteiger partial charge is 0.338 e. The molecule has 110 valence electrons. The van der Waals surface area contributed by atoms with E-state index in [0.717, 1.165) is 13.1 Å². The molecule has 1 aliphatic rings. The summed E-state index contributed by atoms with van der Waals surface area (Å²) < 4.78 is 10.3. The Morgan fingerprint density at radius 1 is 1.10 bits per heavy atom. The predicted molar refractivity (Wildman–Crippen MR) is 79.3 cm³/mol. The van der Waals surface area contributed by atoms with Crippen molar-refractivity contribution in [3.63, 3.8) is 0 Å². The molecule has 0 atom stereocenters. The van der Waals surface area contributed by atoms with Gasteiger partial charge >= 0.3 is 5.97 Å². The van der Waals surface area contributed by atoms with Gasteiger partial charge < -0.3 is 14.4 Å². The standard InChI is InChI=1S/C16H23NO3/c1-2-19-12-13-20-16(18)14-6-8-15(9-7-14)17-10-4-3-5-11-17/h6-9H,2-5,10-13H2,1H3. The van der Waals surface area contributed by atoms with E-state index < -0.39 is 0 Å². The largest absolute Gasteiger partial charge is 0.460 e. The van der Waals surface area contributed by atoms with Crippen LogP contribution < -0.4 is 4.90 Å². The number of hydrogen-bond acceptors (Lipinski definition) is 4. The third-order valence-electron chi connectivity index (χ3n) is 3.49. The summed E-state index contributed by atoms with van der Waals surface area (Å²) in [6.07, 6.45) is 3.82. The molecule has 0 aliphatic carbocycles. The van der Waals surface area contributed by atoms with Crippen LogP contribution in [0.15, 0.2) is 24.3 Å². The summed E-state index contributed by atoms with van der Waals surface area (Å²) in [6, 6.07) is 7.69. The third kappa shape index (κ3) is 4.23. The molecule has 0 unspecified atom stereocenters. The zero-order valence-corrected chi connectivity index (χ0v) is 12.1. The van der Waals surface area contributed by atoms with Crippen molar-refractivity contribution in [3.8, 4) is 0 Å². The van der Waals surface area contributed by atoms with Crippen molar-refractivity contribution in [2.24, 2.45) is 0 Å². The summed E-state index contributed by atoms with van der Waals surface area (Å²) in [5, 5.41) is 0. The van der Waals surface area contributed by atoms with E-state index in [9.17, 15) is 4.79 Å². The second-order valence-corrected chi connectivity index (χ2v) is 4.93. The van der Waals surface area contributed by atoms with Gasteiger partial charge in [-0.1, -0.05) is 0 Å². The van der Waals surface area contributed by atoms with E-state index in [1.165, 1.54) is 24.9 Å². The van der Waals surface area contributed by atoms with Gasteiger partial charge in [-0.25, -0.2) is 4.79 Å². The molecule has 4 nitrogen and oxygen atoms in total. The van der Waals surface area contributed by atoms with Gasteiger partial charge in [-0.2, -0.15) is 0 Å². The summed E-state index contributed by atoms with van der Waals surface area (Å²) in [4.78, 5) is 14.2. The number of esters is 1. The highest BCUT2D eigenvalue weighted by Crippen LogP contribution is 2.20. The number of piperidine rings is 1. The lowest BCUT2D eigenvalue weighted by Crippen LogP contribution is -2.29. The lowest BCUT2D eigenvalue weighted by Gasteiger charge is -2.28. The molecule has 0 N–H and O–H groups in total. The van der Waals surface area contributed by atoms with Crippen LogP contribution in [-0.2, 0) is 9.47 Å². The Bertz CT molecular complexity index is 410. The molecule has 1 heterocycles. The molecule has 0 spiro atoms. The highest BCUT2D eigenvalue weighted by Gasteiger charge is 2.12. The average Bonchev–Trinajstić information content (AvgIpc) is 2.52. The van der Waals surface area contributed by atoms with Crippen LogP contribution >= 0.6 is 0 Å². The van der Waals surface area contributed by atoms with Crippen LogP contribution in [0.3, 0.4) is 0 Å². The highest BCUT2D eigenvalue weighted by atomic mass is 16.6. The molecule has 2 rings (SSSR count). The quantitative estimate of drug-likeness (QED) is 0.592. The Balaban J connectivity index is 1.85. The van der Waals surface area contributed by atoms with E-state index in [4.69, 9.17) is 9.47 Å². The van der Waals surface area contributed by atoms with Crippen LogP contribution in [0.25, 0.3) is 0 Å². The van der Waals surface area contributed by atoms with Crippen molar-refractivity contribution in [2.75, 3.05) is 37.8 Å². The molecule has 0 bridgehead atoms. The van der Waals surface area contributed by atoms with Gasteiger partial charge in [-0.3, -0.25) is 0 Å². The number of benzene rings is 1. The summed E-state index contributed by atoms with van der Waals surface area (Å²) in [7, 11) is 0. The van der Waals surface area contributed by atoms with E-state index in [0.29, 0.717) is 25.4 Å². The zero-order chi connectivity index (χ0) is 14.2. The van der Waals surface area contributed by atoms with Crippen molar-refractivity contribution >= 4 is 11.7 Å². The Morgan fingerprint density at radius 3 is 2.45 bits per heavy atom. The predicted octanol–water partition coefficient (Wildman–Crippen LogP) is 2.87. The van der Waals surface area contributed by atoms with Gasteiger partial charge in [0.15, 0.2) is 0 Å². The minimum absolute atomic E-state index is 0.283. The molecule has 1 aromatic carbocycles. The molecule has 1 fully saturated rings. The summed E-state index contributed by atoms with van der Waals surface area (Å²) in [6.45, 7) is 5.54. The lowest BCUT2D eigenvalue weighted by molar-refractivity contribution is 0.0335. The second-order valence-electron chi connectivity index (χ2n) is 4.93. The molecule has 0 saturated carbocycles. The van der Waals surface area contributed by atoms with E-state index in [2.05, 4.69) is 4.90 Å². The number of ether oxygens (including phenoxy) is 2. The van der Waals surface area contributed by atoms with Crippen LogP contribution in [0.4, 0.5) is 5.69 Å². The number of rotatable bonds is 6. The summed E-state index contributed by atoms with van der Waals surface area (Å²) in [5.74, 6) is -0.283. The summed E-state index contributed by atoms with van der Waals surface area (Å²) >= 11 is 0. The zero-order valence-electron chi connectivity index (χ0n) is 12.1. The minimum atomic E-state index is -0.283. The molecular formula is C16H23NO3. The van der Waals surface area contributed by atoms with Gasteiger partial charge in [0.25, 0.3) is 0 Å². The van der Waals surface area contributed by atoms with Gasteiger partial charge in [0.2, 0.25) is 0 Å². The average molecular weight is 277 g/mol. The molecule has 1 aromatic rings. The fraction of sp³-hybridized carbons (Fsp3) is 0.562. The van der Waals surface area contributed by atoms with E-state index in [-0.39, 0.29) is 5.97 Å². The highest BCUT2D eigenvalue weighted by molar-refractivity contribution is 5.89. The SMILES string of the molecule is CCOCCOC(=O)c1ccc(N2CCCCC2)cc1. The molecule has 4 heteroatoms. The molecule has 0 aromatic heterocycles. The Hall–Kier alpha value is -1.55. The van der Waals surface area contributed by atoms with Crippen LogP contribution in [0.1, 0.15) is 36.5 Å². The van der Waals surface area contributed by atoms with Crippen molar-refractivity contribution in [3.05, 3.63) is 29.8 Å². The topological polar surface area (TPSA) is 38.8 Å². The van der Waals surface area contributed by atoms with Gasteiger partial charge in [0, 0.05) is 25.4 Å². The van der Waals surface area contributed by atoms with E-state index in [1.54, 1.807) is 0 Å². The van der Waals surface area contributed by atoms with Gasteiger partial charge in [-0.15, -0.1) is 0 Å². The van der Waals surface area contributed by atoms with Crippen molar-refractivity contribution in [2.45, 2.75) is 26.2 Å². The Morgan fingerprint density at radius 2 is 1.80 bits per heavy atom. The Labute approximate surface area is 120 Å². The number of carbonyl (C=O) groups excluding carboxylic acids is 1. The maximum atomic E-state index is 11.8. The molecule has 0 amide bonds. The first-order chi connectivity index (χ1) is 9.81.